The molecule has 6 nitrogen and oxygen atoms in total. The van der Waals surface area contributed by atoms with Crippen LogP contribution in [0.3, 0.4) is 0 Å². The Morgan fingerprint density at radius 1 is 1.09 bits per heavy atom. The average molecular weight is 311 g/mol. The summed E-state index contributed by atoms with van der Waals surface area (Å²) < 4.78 is 0. The predicted molar refractivity (Wildman–Crippen MR) is 89.4 cm³/mol. The smallest absolute Gasteiger partial charge is 0.254 e. The third-order valence-corrected chi connectivity index (χ3v) is 3.98. The summed E-state index contributed by atoms with van der Waals surface area (Å²) in [6.45, 7) is 4.33. The first-order chi connectivity index (χ1) is 11.2. The number of hydrogen-bond donors (Lipinski definition) is 1. The zero-order valence-electron chi connectivity index (χ0n) is 13.3. The van der Waals surface area contributed by atoms with Crippen molar-refractivity contribution in [1.82, 2.24) is 20.2 Å². The lowest BCUT2D eigenvalue weighted by Gasteiger charge is -2.32. The Hall–Kier alpha value is -2.47. The van der Waals surface area contributed by atoms with E-state index < -0.39 is 0 Å². The van der Waals surface area contributed by atoms with Gasteiger partial charge in [0.1, 0.15) is 0 Å². The van der Waals surface area contributed by atoms with Crippen molar-refractivity contribution in [2.75, 3.05) is 38.1 Å². The van der Waals surface area contributed by atoms with Crippen LogP contribution < -0.4 is 10.2 Å². The number of likely N-dealkylation sites (N-methyl/N-ethyl adjacent to an activating group) is 1. The maximum absolute atomic E-state index is 12.1. The monoisotopic (exact) mass is 311 g/mol. The van der Waals surface area contributed by atoms with Gasteiger partial charge in [0, 0.05) is 45.1 Å². The second-order valence-electron chi connectivity index (χ2n) is 5.73. The molecule has 3 rings (SSSR count). The number of nitrogens with one attached hydrogen (secondary N) is 1. The number of carbonyl (C=O) groups excluding carboxylic acids is 1. The van der Waals surface area contributed by atoms with Gasteiger partial charge in [-0.15, -0.1) is 0 Å². The third-order valence-electron chi connectivity index (χ3n) is 3.98. The van der Waals surface area contributed by atoms with Gasteiger partial charge in [-0.1, -0.05) is 30.3 Å². The number of amides is 1. The maximum atomic E-state index is 12.1. The van der Waals surface area contributed by atoms with E-state index in [1.54, 1.807) is 12.4 Å². The normalized spacial score (nSPS) is 15.4. The van der Waals surface area contributed by atoms with E-state index in [4.69, 9.17) is 0 Å². The average Bonchev–Trinajstić information content (AvgIpc) is 2.61. The molecule has 0 bridgehead atoms. The van der Waals surface area contributed by atoms with E-state index in [2.05, 4.69) is 32.1 Å². The molecule has 2 heterocycles. The minimum absolute atomic E-state index is 0.154. The van der Waals surface area contributed by atoms with Gasteiger partial charge < -0.3 is 15.1 Å². The molecule has 1 saturated heterocycles. The molecule has 2 aromatic rings. The first-order valence-corrected chi connectivity index (χ1v) is 7.80. The highest BCUT2D eigenvalue weighted by molar-refractivity contribution is 5.93. The highest BCUT2D eigenvalue weighted by atomic mass is 16.1. The Labute approximate surface area is 136 Å². The summed E-state index contributed by atoms with van der Waals surface area (Å²) in [6.07, 6.45) is 3.20. The molecule has 0 atom stereocenters. The van der Waals surface area contributed by atoms with Crippen LogP contribution in [0, 0.1) is 0 Å². The van der Waals surface area contributed by atoms with Crippen molar-refractivity contribution in [3.05, 3.63) is 53.9 Å². The van der Waals surface area contributed by atoms with Crippen LogP contribution in [0.1, 0.15) is 15.9 Å². The Morgan fingerprint density at radius 2 is 1.74 bits per heavy atom. The number of benzene rings is 1. The van der Waals surface area contributed by atoms with E-state index >= 15 is 0 Å². The molecule has 1 aliphatic rings. The first-order valence-electron chi connectivity index (χ1n) is 7.80. The van der Waals surface area contributed by atoms with Gasteiger partial charge in [0.25, 0.3) is 5.91 Å². The van der Waals surface area contributed by atoms with Gasteiger partial charge in [0.2, 0.25) is 5.95 Å². The molecular formula is C17H21N5O. The van der Waals surface area contributed by atoms with Crippen LogP contribution in [0.4, 0.5) is 5.95 Å². The number of aromatic nitrogens is 2. The van der Waals surface area contributed by atoms with Crippen molar-refractivity contribution in [1.29, 1.82) is 0 Å². The summed E-state index contributed by atoms with van der Waals surface area (Å²) in [5.41, 5.74) is 1.55. The third kappa shape index (κ3) is 4.04. The standard InChI is InChI=1S/C17H21N5O/c1-21-7-9-22(10-8-21)17-19-12-15(13-20-17)16(23)18-11-14-5-3-2-4-6-14/h2-6,12-13H,7-11H2,1H3,(H,18,23). The van der Waals surface area contributed by atoms with E-state index in [-0.39, 0.29) is 5.91 Å². The molecule has 1 aromatic heterocycles. The summed E-state index contributed by atoms with van der Waals surface area (Å²) in [5.74, 6) is 0.538. The quantitative estimate of drug-likeness (QED) is 0.918. The van der Waals surface area contributed by atoms with Crippen LogP contribution in [0.2, 0.25) is 0 Å². The lowest BCUT2D eigenvalue weighted by Crippen LogP contribution is -2.45. The topological polar surface area (TPSA) is 61.4 Å². The zero-order chi connectivity index (χ0) is 16.1. The highest BCUT2D eigenvalue weighted by Crippen LogP contribution is 2.10. The van der Waals surface area contributed by atoms with Gasteiger partial charge in [-0.05, 0) is 12.6 Å². The van der Waals surface area contributed by atoms with Gasteiger partial charge in [-0.2, -0.15) is 0 Å². The molecule has 1 aliphatic heterocycles. The number of anilines is 1. The van der Waals surface area contributed by atoms with E-state index in [0.717, 1.165) is 31.7 Å². The molecule has 1 amide bonds. The van der Waals surface area contributed by atoms with Crippen molar-refractivity contribution < 1.29 is 4.79 Å². The Bertz CT molecular complexity index is 636. The van der Waals surface area contributed by atoms with E-state index in [0.29, 0.717) is 18.1 Å². The molecule has 1 fully saturated rings. The highest BCUT2D eigenvalue weighted by Gasteiger charge is 2.16. The SMILES string of the molecule is CN1CCN(c2ncc(C(=O)NCc3ccccc3)cn2)CC1. The van der Waals surface area contributed by atoms with Crippen LogP contribution >= 0.6 is 0 Å². The number of rotatable bonds is 4. The molecule has 0 spiro atoms. The van der Waals surface area contributed by atoms with Gasteiger partial charge in [0.15, 0.2) is 0 Å². The van der Waals surface area contributed by atoms with Crippen LogP contribution in [-0.4, -0.2) is 54.0 Å². The van der Waals surface area contributed by atoms with E-state index in [1.807, 2.05) is 30.3 Å². The minimum Gasteiger partial charge on any atom is -0.348 e. The summed E-state index contributed by atoms with van der Waals surface area (Å²) in [5, 5.41) is 2.88. The van der Waals surface area contributed by atoms with Crippen LogP contribution in [0.25, 0.3) is 0 Å². The fourth-order valence-corrected chi connectivity index (χ4v) is 2.49. The molecule has 0 saturated carbocycles. The van der Waals surface area contributed by atoms with Gasteiger partial charge in [-0.3, -0.25) is 4.79 Å². The lowest BCUT2D eigenvalue weighted by molar-refractivity contribution is 0.0950. The summed E-state index contributed by atoms with van der Waals surface area (Å²) in [4.78, 5) is 25.2. The lowest BCUT2D eigenvalue weighted by atomic mass is 10.2. The van der Waals surface area contributed by atoms with Crippen molar-refractivity contribution in [2.45, 2.75) is 6.54 Å². The summed E-state index contributed by atoms with van der Waals surface area (Å²) >= 11 is 0. The van der Waals surface area contributed by atoms with Crippen molar-refractivity contribution in [3.8, 4) is 0 Å². The van der Waals surface area contributed by atoms with Crippen LogP contribution in [0.5, 0.6) is 0 Å². The number of nitrogens with zero attached hydrogens (tertiary/aromatic N) is 4. The Balaban J connectivity index is 1.57. The molecule has 0 aliphatic carbocycles. The number of piperazine rings is 1. The Kier molecular flexibility index (Phi) is 4.83. The van der Waals surface area contributed by atoms with Gasteiger partial charge in [0.05, 0.1) is 5.56 Å². The van der Waals surface area contributed by atoms with Crippen LogP contribution in [0.15, 0.2) is 42.7 Å². The molecule has 120 valence electrons. The van der Waals surface area contributed by atoms with E-state index in [1.165, 1.54) is 0 Å². The molecule has 0 unspecified atom stereocenters. The fraction of sp³-hybridized carbons (Fsp3) is 0.353. The summed E-state index contributed by atoms with van der Waals surface area (Å²) in [6, 6.07) is 9.82. The van der Waals surface area contributed by atoms with E-state index in [9.17, 15) is 4.79 Å². The molecule has 1 N–H and O–H groups in total. The largest absolute Gasteiger partial charge is 0.348 e. The molecule has 0 radical (unpaired) electrons. The molecular weight excluding hydrogens is 290 g/mol. The van der Waals surface area contributed by atoms with Crippen molar-refractivity contribution in [3.63, 3.8) is 0 Å². The Morgan fingerprint density at radius 3 is 2.39 bits per heavy atom. The second kappa shape index (κ2) is 7.19. The number of hydrogen-bond acceptors (Lipinski definition) is 5. The second-order valence-corrected chi connectivity index (χ2v) is 5.73. The minimum atomic E-state index is -0.154. The fourth-order valence-electron chi connectivity index (χ4n) is 2.49. The summed E-state index contributed by atoms with van der Waals surface area (Å²) in [7, 11) is 2.11. The molecule has 23 heavy (non-hydrogen) atoms. The zero-order valence-corrected chi connectivity index (χ0v) is 13.3. The van der Waals surface area contributed by atoms with Crippen LogP contribution in [-0.2, 0) is 6.54 Å². The van der Waals surface area contributed by atoms with Gasteiger partial charge >= 0.3 is 0 Å². The predicted octanol–water partition coefficient (Wildman–Crippen LogP) is 1.16. The van der Waals surface area contributed by atoms with Crippen molar-refractivity contribution in [2.24, 2.45) is 0 Å². The molecule has 1 aromatic carbocycles. The number of carbonyl (C=O) groups is 1. The van der Waals surface area contributed by atoms with Crippen molar-refractivity contribution >= 4 is 11.9 Å². The maximum Gasteiger partial charge on any atom is 0.254 e. The molecule has 6 heteroatoms. The van der Waals surface area contributed by atoms with Gasteiger partial charge in [-0.25, -0.2) is 9.97 Å². The first kappa shape index (κ1) is 15.4.